The second-order valence-corrected chi connectivity index (χ2v) is 6.96. The van der Waals surface area contributed by atoms with Crippen molar-refractivity contribution in [3.63, 3.8) is 0 Å². The van der Waals surface area contributed by atoms with Crippen molar-refractivity contribution in [3.8, 4) is 0 Å². The molecule has 0 unspecified atom stereocenters. The zero-order valence-electron chi connectivity index (χ0n) is 11.7. The third kappa shape index (κ3) is 3.21. The fourth-order valence-corrected chi connectivity index (χ4v) is 3.23. The number of rotatable bonds is 3. The van der Waals surface area contributed by atoms with Gasteiger partial charge in [0.05, 0.1) is 12.1 Å². The van der Waals surface area contributed by atoms with E-state index < -0.39 is 0 Å². The van der Waals surface area contributed by atoms with Crippen LogP contribution in [0.5, 0.6) is 0 Å². The molecule has 0 atom stereocenters. The zero-order chi connectivity index (χ0) is 15.7. The van der Waals surface area contributed by atoms with E-state index >= 15 is 0 Å². The zero-order valence-corrected chi connectivity index (χ0v) is 14.9. The minimum absolute atomic E-state index is 0.0721. The van der Waals surface area contributed by atoms with E-state index in [2.05, 4.69) is 27.0 Å². The Bertz CT molecular complexity index is 910. The topological polar surface area (TPSA) is 34.9 Å². The number of hydrogen-bond donors (Lipinski definition) is 0. The largest absolute Gasteiger partial charge is 0.310 e. The first-order chi connectivity index (χ1) is 10.6. The maximum absolute atomic E-state index is 11.9. The van der Waals surface area contributed by atoms with E-state index in [0.29, 0.717) is 11.7 Å². The fraction of sp³-hybridized carbons (Fsp3) is 0.125. The molecule has 0 bridgehead atoms. The highest BCUT2D eigenvalue weighted by Crippen LogP contribution is 2.25. The summed E-state index contributed by atoms with van der Waals surface area (Å²) in [5, 5.41) is 1.44. The molecule has 112 valence electrons. The predicted octanol–water partition coefficient (Wildman–Crippen LogP) is 4.58. The fourth-order valence-electron chi connectivity index (χ4n) is 2.21. The van der Waals surface area contributed by atoms with Crippen LogP contribution < -0.4 is 5.56 Å². The summed E-state index contributed by atoms with van der Waals surface area (Å²) in [7, 11) is 0. The van der Waals surface area contributed by atoms with Crippen molar-refractivity contribution in [1.82, 2.24) is 9.55 Å². The Labute approximate surface area is 145 Å². The lowest BCUT2D eigenvalue weighted by Gasteiger charge is -2.09. The van der Waals surface area contributed by atoms with Gasteiger partial charge in [-0.25, -0.2) is 4.98 Å². The highest BCUT2D eigenvalue weighted by atomic mass is 79.9. The van der Waals surface area contributed by atoms with Gasteiger partial charge in [0.15, 0.2) is 0 Å². The molecule has 2 heterocycles. The van der Waals surface area contributed by atoms with E-state index in [0.717, 1.165) is 25.8 Å². The van der Waals surface area contributed by atoms with Crippen LogP contribution in [0.4, 0.5) is 0 Å². The minimum atomic E-state index is -0.0721. The molecule has 1 aromatic carbocycles. The quantitative estimate of drug-likeness (QED) is 0.481. The Morgan fingerprint density at radius 2 is 2.09 bits per heavy atom. The molecule has 0 radical (unpaired) electrons. The summed E-state index contributed by atoms with van der Waals surface area (Å²) in [6.45, 7) is 0.393. The van der Waals surface area contributed by atoms with Crippen molar-refractivity contribution >= 4 is 50.2 Å². The van der Waals surface area contributed by atoms with Crippen LogP contribution in [0.2, 0.25) is 5.15 Å². The number of aromatic nitrogens is 2. The van der Waals surface area contributed by atoms with Crippen LogP contribution in [0.3, 0.4) is 0 Å². The molecular weight excluding hydrogens is 384 g/mol. The molecule has 3 aromatic rings. The van der Waals surface area contributed by atoms with Gasteiger partial charge in [0.1, 0.15) is 5.15 Å². The summed E-state index contributed by atoms with van der Waals surface area (Å²) in [6.07, 6.45) is 3.77. The van der Waals surface area contributed by atoms with Crippen molar-refractivity contribution in [3.05, 3.63) is 68.1 Å². The molecule has 0 fully saturated rings. The molecule has 2 aromatic heterocycles. The normalized spacial score (nSPS) is 11.0. The third-order valence-electron chi connectivity index (χ3n) is 3.34. The van der Waals surface area contributed by atoms with Gasteiger partial charge in [0.25, 0.3) is 5.56 Å². The minimum Gasteiger partial charge on any atom is -0.310 e. The Morgan fingerprint density at radius 3 is 2.86 bits per heavy atom. The van der Waals surface area contributed by atoms with Crippen molar-refractivity contribution in [2.75, 3.05) is 6.26 Å². The Hall–Kier alpha value is -1.30. The van der Waals surface area contributed by atoms with Gasteiger partial charge in [-0.2, -0.15) is 0 Å². The van der Waals surface area contributed by atoms with Gasteiger partial charge in [0.2, 0.25) is 0 Å². The van der Waals surface area contributed by atoms with Crippen LogP contribution in [0.15, 0.2) is 56.8 Å². The van der Waals surface area contributed by atoms with Gasteiger partial charge >= 0.3 is 0 Å². The molecule has 0 saturated carbocycles. The first kappa shape index (κ1) is 15.6. The van der Waals surface area contributed by atoms with E-state index in [9.17, 15) is 4.79 Å². The summed E-state index contributed by atoms with van der Waals surface area (Å²) in [4.78, 5) is 17.5. The van der Waals surface area contributed by atoms with E-state index in [4.69, 9.17) is 11.6 Å². The van der Waals surface area contributed by atoms with Crippen LogP contribution in [0, 0.1) is 0 Å². The van der Waals surface area contributed by atoms with Crippen molar-refractivity contribution in [2.45, 2.75) is 11.4 Å². The third-order valence-corrected chi connectivity index (χ3v) is 4.86. The molecule has 0 N–H and O–H groups in total. The number of benzene rings is 1. The first-order valence-corrected chi connectivity index (χ1v) is 8.95. The second kappa shape index (κ2) is 6.44. The standard InChI is InChI=1S/C16H12BrClN2OS/c1-22-13-4-2-10-6-11(16(18)19-14(10)7-13)8-20-9-12(17)3-5-15(20)21/h2-7,9H,8H2,1H3. The Balaban J connectivity index is 2.05. The molecule has 0 aliphatic rings. The summed E-state index contributed by atoms with van der Waals surface area (Å²) in [5.41, 5.74) is 1.62. The maximum atomic E-state index is 11.9. The molecule has 0 aliphatic heterocycles. The van der Waals surface area contributed by atoms with Crippen LogP contribution in [0.25, 0.3) is 10.9 Å². The van der Waals surface area contributed by atoms with Gasteiger partial charge in [-0.15, -0.1) is 11.8 Å². The van der Waals surface area contributed by atoms with Crippen molar-refractivity contribution < 1.29 is 0 Å². The predicted molar refractivity (Wildman–Crippen MR) is 96.0 cm³/mol. The van der Waals surface area contributed by atoms with Crippen molar-refractivity contribution in [1.29, 1.82) is 0 Å². The van der Waals surface area contributed by atoms with Crippen LogP contribution in [0.1, 0.15) is 5.56 Å². The highest BCUT2D eigenvalue weighted by Gasteiger charge is 2.08. The van der Waals surface area contributed by atoms with Crippen molar-refractivity contribution in [2.24, 2.45) is 0 Å². The molecule has 0 aliphatic carbocycles. The number of fused-ring (bicyclic) bond motifs is 1. The van der Waals surface area contributed by atoms with E-state index in [-0.39, 0.29) is 5.56 Å². The summed E-state index contributed by atoms with van der Waals surface area (Å²) < 4.78 is 2.45. The number of nitrogens with zero attached hydrogens (tertiary/aromatic N) is 2. The van der Waals surface area contributed by atoms with E-state index in [1.54, 1.807) is 28.6 Å². The van der Waals surface area contributed by atoms with E-state index in [1.165, 1.54) is 6.07 Å². The lowest BCUT2D eigenvalue weighted by atomic mass is 10.1. The second-order valence-electron chi connectivity index (χ2n) is 4.81. The van der Waals surface area contributed by atoms with E-state index in [1.807, 2.05) is 24.5 Å². The molecule has 0 saturated heterocycles. The lowest BCUT2D eigenvalue weighted by Crippen LogP contribution is -2.19. The molecule has 3 nitrogen and oxygen atoms in total. The monoisotopic (exact) mass is 394 g/mol. The first-order valence-electron chi connectivity index (χ1n) is 6.56. The molecule has 0 spiro atoms. The number of halogens is 2. The number of hydrogen-bond acceptors (Lipinski definition) is 3. The van der Waals surface area contributed by atoms with Gasteiger partial charge in [-0.05, 0) is 46.5 Å². The van der Waals surface area contributed by atoms with Gasteiger partial charge in [0, 0.05) is 32.6 Å². The average Bonchev–Trinajstić information content (AvgIpc) is 2.51. The summed E-state index contributed by atoms with van der Waals surface area (Å²) in [5.74, 6) is 0. The molecular formula is C16H12BrClN2OS. The smallest absolute Gasteiger partial charge is 0.250 e. The Kier molecular flexibility index (Phi) is 4.57. The summed E-state index contributed by atoms with van der Waals surface area (Å²) >= 11 is 11.3. The SMILES string of the molecule is CSc1ccc2cc(Cn3cc(Br)ccc3=O)c(Cl)nc2c1. The lowest BCUT2D eigenvalue weighted by molar-refractivity contribution is 0.755. The van der Waals surface area contributed by atoms with Crippen LogP contribution >= 0.6 is 39.3 Å². The van der Waals surface area contributed by atoms with Gasteiger partial charge < -0.3 is 4.57 Å². The highest BCUT2D eigenvalue weighted by molar-refractivity contribution is 9.10. The number of thioether (sulfide) groups is 1. The molecule has 3 rings (SSSR count). The molecule has 6 heteroatoms. The number of pyridine rings is 2. The van der Waals surface area contributed by atoms with Gasteiger partial charge in [-0.3, -0.25) is 4.79 Å². The molecule has 22 heavy (non-hydrogen) atoms. The van der Waals surface area contributed by atoms with Crippen LogP contribution in [-0.4, -0.2) is 15.8 Å². The van der Waals surface area contributed by atoms with Gasteiger partial charge in [-0.1, -0.05) is 17.7 Å². The van der Waals surface area contributed by atoms with Crippen LogP contribution in [-0.2, 0) is 6.54 Å². The summed E-state index contributed by atoms with van der Waals surface area (Å²) in [6, 6.07) is 11.3. The average molecular weight is 396 g/mol. The molecule has 0 amide bonds. The maximum Gasteiger partial charge on any atom is 0.250 e. The Morgan fingerprint density at radius 1 is 1.27 bits per heavy atom.